The average molecular weight is 545 g/mol. The van der Waals surface area contributed by atoms with Gasteiger partial charge in [0.25, 0.3) is 0 Å². The molecule has 0 fully saturated rings. The Bertz CT molecular complexity index is 1410. The highest BCUT2D eigenvalue weighted by Gasteiger charge is 2.31. The summed E-state index contributed by atoms with van der Waals surface area (Å²) in [6, 6.07) is 24.4. The molecule has 1 aliphatic rings. The van der Waals surface area contributed by atoms with Crippen LogP contribution in [0.1, 0.15) is 40.0 Å². The van der Waals surface area contributed by atoms with Gasteiger partial charge in [0, 0.05) is 33.0 Å². The average Bonchev–Trinajstić information content (AvgIpc) is 3.35. The van der Waals surface area contributed by atoms with Gasteiger partial charge >= 0.3 is 12.1 Å². The zero-order valence-corrected chi connectivity index (χ0v) is 21.5. The van der Waals surface area contributed by atoms with Crippen LogP contribution in [0.2, 0.25) is 0 Å². The molecular formula is C29H25BrN2O4. The third-order valence-electron chi connectivity index (χ3n) is 6.72. The molecule has 2 N–H and O–H groups in total. The highest BCUT2D eigenvalue weighted by atomic mass is 79.9. The molecule has 3 aromatic carbocycles. The number of hydrogen-bond acceptors (Lipinski definition) is 3. The predicted molar refractivity (Wildman–Crippen MR) is 142 cm³/mol. The molecule has 1 atom stereocenters. The van der Waals surface area contributed by atoms with E-state index in [9.17, 15) is 14.7 Å². The Labute approximate surface area is 217 Å². The summed E-state index contributed by atoms with van der Waals surface area (Å²) >= 11 is 3.44. The monoisotopic (exact) mass is 544 g/mol. The van der Waals surface area contributed by atoms with Crippen molar-refractivity contribution in [3.63, 3.8) is 0 Å². The first-order valence-electron chi connectivity index (χ1n) is 11.6. The Morgan fingerprint density at radius 1 is 0.972 bits per heavy atom. The molecule has 0 radical (unpaired) electrons. The number of fused-ring (bicyclic) bond motifs is 3. The molecule has 0 saturated heterocycles. The van der Waals surface area contributed by atoms with Crippen molar-refractivity contribution < 1.29 is 19.4 Å². The lowest BCUT2D eigenvalue weighted by atomic mass is 9.98. The maximum Gasteiger partial charge on any atom is 0.408 e. The summed E-state index contributed by atoms with van der Waals surface area (Å²) in [5.41, 5.74) is 7.48. The third-order valence-corrected chi connectivity index (χ3v) is 7.25. The van der Waals surface area contributed by atoms with Crippen LogP contribution in [0, 0.1) is 13.8 Å². The van der Waals surface area contributed by atoms with Gasteiger partial charge < -0.3 is 19.7 Å². The smallest absolute Gasteiger partial charge is 0.408 e. The molecule has 0 spiro atoms. The van der Waals surface area contributed by atoms with Crippen LogP contribution in [0.25, 0.3) is 16.8 Å². The van der Waals surface area contributed by atoms with Gasteiger partial charge in [-0.15, -0.1) is 0 Å². The Morgan fingerprint density at radius 2 is 1.56 bits per heavy atom. The van der Waals surface area contributed by atoms with Crippen molar-refractivity contribution in [3.8, 4) is 16.8 Å². The van der Waals surface area contributed by atoms with Crippen LogP contribution in [-0.4, -0.2) is 28.3 Å². The number of carboxylic acid groups (broad SMARTS) is 1. The number of aryl methyl sites for hydroxylation is 1. The fourth-order valence-electron chi connectivity index (χ4n) is 5.10. The van der Waals surface area contributed by atoms with Crippen LogP contribution in [0.3, 0.4) is 0 Å². The Kier molecular flexibility index (Phi) is 6.41. The van der Waals surface area contributed by atoms with E-state index in [0.29, 0.717) is 5.56 Å². The second-order valence-electron chi connectivity index (χ2n) is 8.88. The summed E-state index contributed by atoms with van der Waals surface area (Å²) < 4.78 is 8.51. The lowest BCUT2D eigenvalue weighted by Gasteiger charge is -2.18. The number of nitrogens with one attached hydrogen (secondary N) is 1. The van der Waals surface area contributed by atoms with Crippen molar-refractivity contribution >= 4 is 28.0 Å². The first kappa shape index (κ1) is 23.9. The van der Waals surface area contributed by atoms with E-state index in [1.165, 1.54) is 0 Å². The summed E-state index contributed by atoms with van der Waals surface area (Å²) in [5, 5.41) is 12.5. The molecule has 7 heteroatoms. The van der Waals surface area contributed by atoms with E-state index in [2.05, 4.69) is 33.4 Å². The van der Waals surface area contributed by atoms with Crippen molar-refractivity contribution in [2.24, 2.45) is 0 Å². The number of hydrogen-bond donors (Lipinski definition) is 2. The minimum absolute atomic E-state index is 0.103. The quantitative estimate of drug-likeness (QED) is 0.289. The molecule has 1 amide bonds. The largest absolute Gasteiger partial charge is 0.479 e. The number of ether oxygens (including phenoxy) is 1. The Balaban J connectivity index is 1.35. The van der Waals surface area contributed by atoms with Gasteiger partial charge in [0.15, 0.2) is 6.04 Å². The number of carboxylic acids is 1. The molecule has 0 aliphatic heterocycles. The van der Waals surface area contributed by atoms with Crippen molar-refractivity contribution in [2.75, 3.05) is 6.61 Å². The van der Waals surface area contributed by atoms with Gasteiger partial charge in [-0.25, -0.2) is 9.59 Å². The van der Waals surface area contributed by atoms with Crippen molar-refractivity contribution in [1.29, 1.82) is 0 Å². The van der Waals surface area contributed by atoms with Gasteiger partial charge in [-0.1, -0.05) is 64.5 Å². The number of carbonyl (C=O) groups is 2. The molecule has 1 unspecified atom stereocenters. The Hall–Kier alpha value is -3.84. The molecule has 1 heterocycles. The van der Waals surface area contributed by atoms with E-state index in [1.54, 1.807) is 6.07 Å². The minimum atomic E-state index is -1.24. The van der Waals surface area contributed by atoms with E-state index in [4.69, 9.17) is 4.74 Å². The van der Waals surface area contributed by atoms with E-state index < -0.39 is 18.1 Å². The molecule has 6 nitrogen and oxygen atoms in total. The number of aromatic nitrogens is 1. The molecule has 1 aromatic heterocycles. The summed E-state index contributed by atoms with van der Waals surface area (Å²) in [6.45, 7) is 3.87. The van der Waals surface area contributed by atoms with Gasteiger partial charge in [-0.05, 0) is 66.4 Å². The van der Waals surface area contributed by atoms with Crippen molar-refractivity contribution in [3.05, 3.63) is 111 Å². The van der Waals surface area contributed by atoms with Crippen LogP contribution >= 0.6 is 15.9 Å². The van der Waals surface area contributed by atoms with E-state index in [-0.39, 0.29) is 12.5 Å². The zero-order chi connectivity index (χ0) is 25.4. The molecule has 0 bridgehead atoms. The summed E-state index contributed by atoms with van der Waals surface area (Å²) in [7, 11) is 0. The van der Waals surface area contributed by atoms with Gasteiger partial charge in [0.2, 0.25) is 0 Å². The maximum absolute atomic E-state index is 12.8. The maximum atomic E-state index is 12.8. The first-order valence-corrected chi connectivity index (χ1v) is 12.4. The Morgan fingerprint density at radius 3 is 2.14 bits per heavy atom. The second kappa shape index (κ2) is 9.66. The van der Waals surface area contributed by atoms with Crippen molar-refractivity contribution in [1.82, 2.24) is 9.88 Å². The summed E-state index contributed by atoms with van der Waals surface area (Å²) in [4.78, 5) is 25.0. The van der Waals surface area contributed by atoms with Crippen LogP contribution in [-0.2, 0) is 9.53 Å². The standard InChI is InChI=1S/C29H25BrN2O4/c1-17-15-25(18(2)32(17)20-13-11-19(30)12-14-20)27(28(33)34)31-29(35)36-16-26-23-9-5-3-7-21(23)22-8-4-6-10-24(22)26/h3-15,26-27H,16H2,1-2H3,(H,31,35)(H,33,34). The first-order chi connectivity index (χ1) is 17.3. The number of carbonyl (C=O) groups excluding carboxylic acids is 1. The lowest BCUT2D eigenvalue weighted by molar-refractivity contribution is -0.139. The number of nitrogens with zero attached hydrogens (tertiary/aromatic N) is 1. The molecule has 182 valence electrons. The normalized spacial score (nSPS) is 13.1. The van der Waals surface area contributed by atoms with E-state index in [0.717, 1.165) is 43.8 Å². The van der Waals surface area contributed by atoms with Gasteiger partial charge in [0.1, 0.15) is 6.61 Å². The van der Waals surface area contributed by atoms with Crippen LogP contribution in [0.5, 0.6) is 0 Å². The fourth-order valence-corrected chi connectivity index (χ4v) is 5.36. The number of benzene rings is 3. The summed E-state index contributed by atoms with van der Waals surface area (Å²) in [6.07, 6.45) is -0.766. The highest BCUT2D eigenvalue weighted by molar-refractivity contribution is 9.10. The molecular weight excluding hydrogens is 520 g/mol. The molecule has 1 aliphatic carbocycles. The van der Waals surface area contributed by atoms with Gasteiger partial charge in [-0.2, -0.15) is 0 Å². The number of amides is 1. The molecule has 5 rings (SSSR count). The van der Waals surface area contributed by atoms with Crippen molar-refractivity contribution in [2.45, 2.75) is 25.8 Å². The second-order valence-corrected chi connectivity index (χ2v) is 9.80. The predicted octanol–water partition coefficient (Wildman–Crippen LogP) is 6.52. The van der Waals surface area contributed by atoms with Gasteiger partial charge in [0.05, 0.1) is 0 Å². The fraction of sp³-hybridized carbons (Fsp3) is 0.172. The van der Waals surface area contributed by atoms with E-state index in [1.807, 2.05) is 79.1 Å². The summed E-state index contributed by atoms with van der Waals surface area (Å²) in [5.74, 6) is -1.26. The topological polar surface area (TPSA) is 80.6 Å². The number of rotatable bonds is 6. The lowest BCUT2D eigenvalue weighted by Crippen LogP contribution is -2.35. The molecule has 4 aromatic rings. The van der Waals surface area contributed by atoms with E-state index >= 15 is 0 Å². The minimum Gasteiger partial charge on any atom is -0.479 e. The zero-order valence-electron chi connectivity index (χ0n) is 19.9. The highest BCUT2D eigenvalue weighted by Crippen LogP contribution is 2.44. The third kappa shape index (κ3) is 4.31. The number of halogens is 1. The van der Waals surface area contributed by atoms with Gasteiger partial charge in [-0.3, -0.25) is 0 Å². The van der Waals surface area contributed by atoms with Crippen LogP contribution < -0.4 is 5.32 Å². The van der Waals surface area contributed by atoms with Crippen LogP contribution in [0.15, 0.2) is 83.3 Å². The molecule has 36 heavy (non-hydrogen) atoms. The number of aliphatic carboxylic acids is 1. The number of alkyl carbamates (subject to hydrolysis) is 1. The molecule has 0 saturated carbocycles. The van der Waals surface area contributed by atoms with Crippen LogP contribution in [0.4, 0.5) is 4.79 Å². The SMILES string of the molecule is Cc1cc(C(NC(=O)OCC2c3ccccc3-c3ccccc32)C(=O)O)c(C)n1-c1ccc(Br)cc1.